The normalized spacial score (nSPS) is 22.7. The molecule has 1 aromatic rings. The maximum absolute atomic E-state index is 11.3. The van der Waals surface area contributed by atoms with Gasteiger partial charge in [0.15, 0.2) is 6.23 Å². The van der Waals surface area contributed by atoms with Crippen LogP contribution < -0.4 is 5.32 Å². The highest BCUT2D eigenvalue weighted by atomic mass is 35.5. The van der Waals surface area contributed by atoms with Crippen LogP contribution in [-0.4, -0.2) is 5.97 Å². The summed E-state index contributed by atoms with van der Waals surface area (Å²) in [5.74, 6) is -0.322. The molecule has 1 saturated heterocycles. The van der Waals surface area contributed by atoms with E-state index in [1.807, 2.05) is 12.1 Å². The Labute approximate surface area is 92.7 Å². The molecule has 1 aromatic carbocycles. The summed E-state index contributed by atoms with van der Waals surface area (Å²) in [7, 11) is 0. The van der Waals surface area contributed by atoms with Crippen molar-refractivity contribution >= 4 is 17.6 Å². The molecule has 0 saturated carbocycles. The van der Waals surface area contributed by atoms with Crippen molar-refractivity contribution in [3.05, 3.63) is 46.6 Å². The molecule has 1 atom stereocenters. The molecule has 1 fully saturated rings. The Kier molecular flexibility index (Phi) is 2.64. The molecule has 0 amide bonds. The highest BCUT2D eigenvalue weighted by molar-refractivity contribution is 6.30. The van der Waals surface area contributed by atoms with Crippen LogP contribution >= 0.6 is 11.6 Å². The summed E-state index contributed by atoms with van der Waals surface area (Å²) in [6.07, 6.45) is 1.29. The lowest BCUT2D eigenvalue weighted by Gasteiger charge is -2.09. The maximum atomic E-state index is 11.3. The summed E-state index contributed by atoms with van der Waals surface area (Å²) in [6.45, 7) is 1.79. The van der Waals surface area contributed by atoms with E-state index in [-0.39, 0.29) is 5.97 Å². The topological polar surface area (TPSA) is 38.3 Å². The second-order valence-corrected chi connectivity index (χ2v) is 3.62. The SMILES string of the molecule is C/C=C1/NC(c2ccc(Cl)cc2)OC1=O. The van der Waals surface area contributed by atoms with Crippen molar-refractivity contribution in [3.63, 3.8) is 0 Å². The van der Waals surface area contributed by atoms with E-state index in [1.54, 1.807) is 25.1 Å². The maximum Gasteiger partial charge on any atom is 0.356 e. The smallest absolute Gasteiger partial charge is 0.356 e. The molecular weight excluding hydrogens is 214 g/mol. The third-order valence-electron chi connectivity index (χ3n) is 2.19. The number of hydrogen-bond donors (Lipinski definition) is 1. The monoisotopic (exact) mass is 223 g/mol. The van der Waals surface area contributed by atoms with Gasteiger partial charge >= 0.3 is 5.97 Å². The van der Waals surface area contributed by atoms with Crippen LogP contribution in [0.4, 0.5) is 0 Å². The van der Waals surface area contributed by atoms with Gasteiger partial charge < -0.3 is 10.1 Å². The predicted molar refractivity (Wildman–Crippen MR) is 57.2 cm³/mol. The second-order valence-electron chi connectivity index (χ2n) is 3.18. The zero-order valence-electron chi connectivity index (χ0n) is 8.16. The van der Waals surface area contributed by atoms with Gasteiger partial charge in [0.05, 0.1) is 0 Å². The van der Waals surface area contributed by atoms with Crippen molar-refractivity contribution in [1.29, 1.82) is 0 Å². The number of carbonyl (C=O) groups is 1. The Morgan fingerprint density at radius 3 is 2.60 bits per heavy atom. The fourth-order valence-corrected chi connectivity index (χ4v) is 1.52. The van der Waals surface area contributed by atoms with Crippen LogP contribution in [0.2, 0.25) is 5.02 Å². The van der Waals surface area contributed by atoms with Gasteiger partial charge in [-0.1, -0.05) is 29.8 Å². The largest absolute Gasteiger partial charge is 0.433 e. The molecule has 2 rings (SSSR count). The fourth-order valence-electron chi connectivity index (χ4n) is 1.39. The van der Waals surface area contributed by atoms with E-state index in [0.717, 1.165) is 5.56 Å². The number of cyclic esters (lactones) is 1. The molecule has 1 aliphatic heterocycles. The van der Waals surface area contributed by atoms with E-state index in [1.165, 1.54) is 0 Å². The number of hydrogen-bond acceptors (Lipinski definition) is 3. The Bertz CT molecular complexity index is 411. The van der Waals surface area contributed by atoms with Crippen molar-refractivity contribution in [2.45, 2.75) is 13.2 Å². The lowest BCUT2D eigenvalue weighted by Crippen LogP contribution is -2.12. The van der Waals surface area contributed by atoms with Crippen LogP contribution in [0.1, 0.15) is 18.7 Å². The van der Waals surface area contributed by atoms with Gasteiger partial charge in [0.1, 0.15) is 5.70 Å². The van der Waals surface area contributed by atoms with E-state index in [2.05, 4.69) is 5.32 Å². The lowest BCUT2D eigenvalue weighted by molar-refractivity contribution is -0.139. The highest BCUT2D eigenvalue weighted by Gasteiger charge is 2.28. The van der Waals surface area contributed by atoms with E-state index in [9.17, 15) is 4.79 Å². The molecule has 0 spiro atoms. The van der Waals surface area contributed by atoms with Gasteiger partial charge in [-0.2, -0.15) is 0 Å². The minimum atomic E-state index is -0.402. The van der Waals surface area contributed by atoms with E-state index in [4.69, 9.17) is 16.3 Å². The average Bonchev–Trinajstić information content (AvgIpc) is 2.61. The van der Waals surface area contributed by atoms with Crippen LogP contribution in [0.15, 0.2) is 36.0 Å². The first-order valence-electron chi connectivity index (χ1n) is 4.60. The average molecular weight is 224 g/mol. The first-order chi connectivity index (χ1) is 7.20. The van der Waals surface area contributed by atoms with Gasteiger partial charge in [-0.05, 0) is 19.1 Å². The highest BCUT2D eigenvalue weighted by Crippen LogP contribution is 2.24. The Morgan fingerprint density at radius 1 is 1.40 bits per heavy atom. The van der Waals surface area contributed by atoms with Gasteiger partial charge in [0.25, 0.3) is 0 Å². The Morgan fingerprint density at radius 2 is 2.07 bits per heavy atom. The van der Waals surface area contributed by atoms with Crippen LogP contribution in [0.3, 0.4) is 0 Å². The molecule has 0 bridgehead atoms. The minimum absolute atomic E-state index is 0.322. The van der Waals surface area contributed by atoms with Crippen molar-refractivity contribution in [2.75, 3.05) is 0 Å². The van der Waals surface area contributed by atoms with E-state index < -0.39 is 6.23 Å². The minimum Gasteiger partial charge on any atom is -0.433 e. The zero-order chi connectivity index (χ0) is 10.8. The lowest BCUT2D eigenvalue weighted by atomic mass is 10.2. The number of esters is 1. The van der Waals surface area contributed by atoms with Gasteiger partial charge in [-0.3, -0.25) is 0 Å². The summed E-state index contributed by atoms with van der Waals surface area (Å²) in [5, 5.41) is 3.63. The van der Waals surface area contributed by atoms with Gasteiger partial charge in [0.2, 0.25) is 0 Å². The van der Waals surface area contributed by atoms with E-state index in [0.29, 0.717) is 10.7 Å². The Balaban J connectivity index is 2.21. The number of nitrogens with one attached hydrogen (secondary N) is 1. The molecule has 3 nitrogen and oxygen atoms in total. The number of allylic oxidation sites excluding steroid dienone is 1. The molecule has 0 aromatic heterocycles. The molecule has 0 radical (unpaired) electrons. The van der Waals surface area contributed by atoms with Crippen LogP contribution in [0.25, 0.3) is 0 Å². The third-order valence-corrected chi connectivity index (χ3v) is 2.44. The van der Waals surface area contributed by atoms with Crippen LogP contribution in [0, 0.1) is 0 Å². The summed E-state index contributed by atoms with van der Waals surface area (Å²) in [6, 6.07) is 7.18. The number of benzene rings is 1. The first-order valence-corrected chi connectivity index (χ1v) is 4.98. The molecular formula is C11H10ClNO2. The molecule has 15 heavy (non-hydrogen) atoms. The second kappa shape index (κ2) is 3.95. The zero-order valence-corrected chi connectivity index (χ0v) is 8.91. The molecule has 0 aliphatic carbocycles. The number of halogens is 1. The van der Waals surface area contributed by atoms with E-state index >= 15 is 0 Å². The molecule has 1 heterocycles. The van der Waals surface area contributed by atoms with Crippen molar-refractivity contribution in [2.24, 2.45) is 0 Å². The molecule has 1 unspecified atom stereocenters. The summed E-state index contributed by atoms with van der Waals surface area (Å²) in [5.41, 5.74) is 1.37. The number of ether oxygens (including phenoxy) is 1. The predicted octanol–water partition coefficient (Wildman–Crippen LogP) is 2.39. The van der Waals surface area contributed by atoms with Gasteiger partial charge in [-0.25, -0.2) is 4.79 Å². The summed E-state index contributed by atoms with van der Waals surface area (Å²) < 4.78 is 5.13. The number of carbonyl (C=O) groups excluding carboxylic acids is 1. The Hall–Kier alpha value is -1.48. The molecule has 1 aliphatic rings. The molecule has 4 heteroatoms. The molecule has 1 N–H and O–H groups in total. The number of rotatable bonds is 1. The van der Waals surface area contributed by atoms with Crippen molar-refractivity contribution in [1.82, 2.24) is 5.32 Å². The standard InChI is InChI=1S/C11H10ClNO2/c1-2-9-11(14)15-10(13-9)7-3-5-8(12)6-4-7/h2-6,10,13H,1H3/b9-2+. The third kappa shape index (κ3) is 1.97. The van der Waals surface area contributed by atoms with Crippen LogP contribution in [-0.2, 0) is 9.53 Å². The summed E-state index contributed by atoms with van der Waals surface area (Å²) >= 11 is 5.76. The van der Waals surface area contributed by atoms with Gasteiger partial charge in [0, 0.05) is 10.6 Å². The van der Waals surface area contributed by atoms with Crippen LogP contribution in [0.5, 0.6) is 0 Å². The van der Waals surface area contributed by atoms with Crippen molar-refractivity contribution in [3.8, 4) is 0 Å². The van der Waals surface area contributed by atoms with Gasteiger partial charge in [-0.15, -0.1) is 0 Å². The first kappa shape index (κ1) is 10.1. The fraction of sp³-hybridized carbons (Fsp3) is 0.182. The molecule has 78 valence electrons. The van der Waals surface area contributed by atoms with Crippen molar-refractivity contribution < 1.29 is 9.53 Å². The summed E-state index contributed by atoms with van der Waals surface area (Å²) in [4.78, 5) is 11.3. The quantitative estimate of drug-likeness (QED) is 0.587.